The second-order valence-corrected chi connectivity index (χ2v) is 10.3. The number of halogens is 4. The third-order valence-electron chi connectivity index (χ3n) is 6.56. The number of thioether (sulfide) groups is 1. The van der Waals surface area contributed by atoms with E-state index in [1.165, 1.54) is 37.5 Å². The van der Waals surface area contributed by atoms with Gasteiger partial charge in [0.1, 0.15) is 11.3 Å². The van der Waals surface area contributed by atoms with Crippen molar-refractivity contribution in [2.24, 2.45) is 16.6 Å². The van der Waals surface area contributed by atoms with E-state index in [-0.39, 0.29) is 29.6 Å². The highest BCUT2D eigenvalue weighted by molar-refractivity contribution is 8.15. The standard InChI is InChI=1S/C24H20F4N6O2S/c1-3-8-36-17-11-31-18-15(33-17)6-7-30-19(18)32-12-4-5-14(25)13(9-12)22(2)16-10-23(16,37-21(29)34-22)20(35)24(26,27)28/h1,4-7,9,11,16,20,35H,8,10H2,2H3,(H2,29,34)(H,30,32)/t16-,20-,22+,23-/m0/s1. The summed E-state index contributed by atoms with van der Waals surface area (Å²) in [5, 5.41) is 13.0. The van der Waals surface area contributed by atoms with Crippen LogP contribution in [0.15, 0.2) is 41.7 Å². The number of nitrogens with one attached hydrogen (secondary N) is 1. The molecule has 0 unspecified atom stereocenters. The summed E-state index contributed by atoms with van der Waals surface area (Å²) >= 11 is 0.688. The van der Waals surface area contributed by atoms with Crippen molar-refractivity contribution < 1.29 is 27.4 Å². The van der Waals surface area contributed by atoms with Crippen LogP contribution in [0.3, 0.4) is 0 Å². The maximum atomic E-state index is 15.1. The molecule has 8 nitrogen and oxygen atoms in total. The lowest BCUT2D eigenvalue weighted by Crippen LogP contribution is -2.47. The number of fused-ring (bicyclic) bond motifs is 2. The van der Waals surface area contributed by atoms with Crippen molar-refractivity contribution >= 4 is 39.5 Å². The molecule has 5 rings (SSSR count). The van der Waals surface area contributed by atoms with Crippen molar-refractivity contribution in [1.29, 1.82) is 0 Å². The number of aromatic nitrogens is 3. The number of aliphatic hydroxyl groups is 1. The first kappa shape index (κ1) is 25.0. The van der Waals surface area contributed by atoms with Crippen LogP contribution in [0.4, 0.5) is 29.1 Å². The molecule has 0 amide bonds. The minimum atomic E-state index is -4.85. The van der Waals surface area contributed by atoms with Crippen LogP contribution in [-0.4, -0.2) is 48.9 Å². The molecule has 1 saturated carbocycles. The molecule has 1 fully saturated rings. The molecule has 2 aromatic heterocycles. The molecule has 0 spiro atoms. The molecule has 4 atom stereocenters. The van der Waals surface area contributed by atoms with Crippen molar-refractivity contribution in [1.82, 2.24) is 15.0 Å². The van der Waals surface area contributed by atoms with E-state index in [0.717, 1.165) is 0 Å². The van der Waals surface area contributed by atoms with Crippen molar-refractivity contribution in [2.75, 3.05) is 11.9 Å². The number of aliphatic hydroxyl groups excluding tert-OH is 1. The smallest absolute Gasteiger partial charge is 0.415 e. The third-order valence-corrected chi connectivity index (χ3v) is 7.91. The lowest BCUT2D eigenvalue weighted by Gasteiger charge is -2.36. The van der Waals surface area contributed by atoms with Gasteiger partial charge in [-0.2, -0.15) is 13.2 Å². The Labute approximate surface area is 212 Å². The van der Waals surface area contributed by atoms with Gasteiger partial charge in [0.05, 0.1) is 22.0 Å². The van der Waals surface area contributed by atoms with Crippen LogP contribution in [0.2, 0.25) is 0 Å². The monoisotopic (exact) mass is 532 g/mol. The number of hydrogen-bond donors (Lipinski definition) is 3. The van der Waals surface area contributed by atoms with E-state index >= 15 is 4.39 Å². The number of alkyl halides is 3. The summed E-state index contributed by atoms with van der Waals surface area (Å²) in [6.45, 7) is 1.55. The number of nitrogens with two attached hydrogens (primary N) is 1. The fraction of sp³-hybridized carbons (Fsp3) is 0.333. The Balaban J connectivity index is 1.49. The van der Waals surface area contributed by atoms with Gasteiger partial charge in [0.15, 0.2) is 23.7 Å². The Morgan fingerprint density at radius 3 is 2.86 bits per heavy atom. The van der Waals surface area contributed by atoms with Crippen molar-refractivity contribution in [3.8, 4) is 18.2 Å². The number of terminal acetylenes is 1. The highest BCUT2D eigenvalue weighted by atomic mass is 32.2. The van der Waals surface area contributed by atoms with E-state index in [2.05, 4.69) is 31.2 Å². The van der Waals surface area contributed by atoms with Gasteiger partial charge in [-0.05, 0) is 37.6 Å². The zero-order chi connectivity index (χ0) is 26.6. The average molecular weight is 533 g/mol. The number of ether oxygens (including phenoxy) is 1. The second-order valence-electron chi connectivity index (χ2n) is 8.90. The fourth-order valence-corrected chi connectivity index (χ4v) is 6.28. The van der Waals surface area contributed by atoms with Crippen LogP contribution in [0.5, 0.6) is 5.88 Å². The quantitative estimate of drug-likeness (QED) is 0.323. The topological polar surface area (TPSA) is 119 Å². The Morgan fingerprint density at radius 1 is 1.35 bits per heavy atom. The van der Waals surface area contributed by atoms with Gasteiger partial charge >= 0.3 is 6.18 Å². The highest BCUT2D eigenvalue weighted by Crippen LogP contribution is 2.68. The zero-order valence-corrected chi connectivity index (χ0v) is 20.1. The first-order valence-corrected chi connectivity index (χ1v) is 11.8. The SMILES string of the molecule is C#CCOc1cnc2c(Nc3ccc(F)c([C@@]4(C)N=C(N)S[C@@]5([C@H](O)C(F)(F)F)C[C@H]54)c3)nccc2n1. The summed E-state index contributed by atoms with van der Waals surface area (Å²) in [5.74, 6) is 1.43. The average Bonchev–Trinajstić information content (AvgIpc) is 3.59. The molecule has 0 saturated heterocycles. The number of aliphatic imine (C=N–C) groups is 1. The third kappa shape index (κ3) is 4.30. The molecular formula is C24H20F4N6O2S. The van der Waals surface area contributed by atoms with E-state index in [0.29, 0.717) is 34.3 Å². The fourth-order valence-electron chi connectivity index (χ4n) is 4.79. The maximum Gasteiger partial charge on any atom is 0.415 e. The van der Waals surface area contributed by atoms with E-state index in [4.69, 9.17) is 16.9 Å². The Hall–Kier alpha value is -3.63. The minimum Gasteiger partial charge on any atom is -0.463 e. The van der Waals surface area contributed by atoms with Gasteiger partial charge in [-0.25, -0.2) is 19.3 Å². The van der Waals surface area contributed by atoms with Gasteiger partial charge in [0.25, 0.3) is 0 Å². The van der Waals surface area contributed by atoms with Crippen LogP contribution in [0.1, 0.15) is 18.9 Å². The first-order valence-electron chi connectivity index (χ1n) is 11.0. The van der Waals surface area contributed by atoms with Crippen molar-refractivity contribution in [3.63, 3.8) is 0 Å². The molecular weight excluding hydrogens is 512 g/mol. The largest absolute Gasteiger partial charge is 0.463 e. The van der Waals surface area contributed by atoms with Crippen molar-refractivity contribution in [3.05, 3.63) is 48.0 Å². The first-order chi connectivity index (χ1) is 17.5. The molecule has 4 N–H and O–H groups in total. The predicted octanol–water partition coefficient (Wildman–Crippen LogP) is 3.88. The summed E-state index contributed by atoms with van der Waals surface area (Å²) in [5.41, 5.74) is 5.76. The molecule has 37 heavy (non-hydrogen) atoms. The van der Waals surface area contributed by atoms with E-state index in [1.54, 1.807) is 6.07 Å². The number of amidine groups is 1. The van der Waals surface area contributed by atoms with Crippen molar-refractivity contribution in [2.45, 2.75) is 35.9 Å². The number of pyridine rings is 1. The normalized spacial score (nSPS) is 25.5. The summed E-state index contributed by atoms with van der Waals surface area (Å²) < 4.78 is 59.1. The van der Waals surface area contributed by atoms with Crippen LogP contribution in [0.25, 0.3) is 11.0 Å². The van der Waals surface area contributed by atoms with E-state index < -0.39 is 34.3 Å². The molecule has 1 aliphatic heterocycles. The van der Waals surface area contributed by atoms with Gasteiger partial charge in [0.2, 0.25) is 5.88 Å². The van der Waals surface area contributed by atoms with Gasteiger partial charge in [0, 0.05) is 23.4 Å². The number of rotatable bonds is 6. The lowest BCUT2D eigenvalue weighted by atomic mass is 9.84. The van der Waals surface area contributed by atoms with Crippen LogP contribution >= 0.6 is 11.8 Å². The Kier molecular flexibility index (Phi) is 5.91. The molecule has 2 aliphatic rings. The maximum absolute atomic E-state index is 15.1. The van der Waals surface area contributed by atoms with Crippen LogP contribution in [-0.2, 0) is 5.54 Å². The summed E-state index contributed by atoms with van der Waals surface area (Å²) in [7, 11) is 0. The highest BCUT2D eigenvalue weighted by Gasteiger charge is 2.74. The zero-order valence-electron chi connectivity index (χ0n) is 19.3. The van der Waals surface area contributed by atoms with Gasteiger partial charge in [-0.3, -0.25) is 4.99 Å². The van der Waals surface area contributed by atoms with Gasteiger partial charge in [-0.1, -0.05) is 17.7 Å². The Morgan fingerprint density at radius 2 is 2.14 bits per heavy atom. The summed E-state index contributed by atoms with van der Waals surface area (Å²) in [6, 6.07) is 5.71. The molecule has 1 aromatic carbocycles. The molecule has 3 heterocycles. The van der Waals surface area contributed by atoms with Crippen LogP contribution in [0, 0.1) is 24.1 Å². The molecule has 1 aliphatic carbocycles. The Bertz CT molecular complexity index is 1460. The summed E-state index contributed by atoms with van der Waals surface area (Å²) in [4.78, 5) is 17.3. The second kappa shape index (κ2) is 8.74. The minimum absolute atomic E-state index is 0.0271. The van der Waals surface area contributed by atoms with Gasteiger partial charge < -0.3 is 20.9 Å². The molecule has 13 heteroatoms. The lowest BCUT2D eigenvalue weighted by molar-refractivity contribution is -0.207. The predicted molar refractivity (Wildman–Crippen MR) is 131 cm³/mol. The molecule has 3 aromatic rings. The molecule has 0 radical (unpaired) electrons. The number of nitrogens with zero attached hydrogens (tertiary/aromatic N) is 4. The number of benzene rings is 1. The van der Waals surface area contributed by atoms with E-state index in [1.807, 2.05) is 0 Å². The van der Waals surface area contributed by atoms with E-state index in [9.17, 15) is 18.3 Å². The molecule has 192 valence electrons. The van der Waals surface area contributed by atoms with Gasteiger partial charge in [-0.15, -0.1) is 6.42 Å². The summed E-state index contributed by atoms with van der Waals surface area (Å²) in [6.07, 6.45) is 0.578. The number of hydrogen-bond acceptors (Lipinski definition) is 9. The van der Waals surface area contributed by atoms with Crippen LogP contribution < -0.4 is 15.8 Å². The molecule has 0 bridgehead atoms. The number of anilines is 2.